The van der Waals surface area contributed by atoms with Crippen LogP contribution in [0.1, 0.15) is 22.8 Å². The summed E-state index contributed by atoms with van der Waals surface area (Å²) in [6, 6.07) is 10.8. The number of rotatable bonds is 5. The van der Waals surface area contributed by atoms with Crippen LogP contribution in [0.5, 0.6) is 0 Å². The Kier molecular flexibility index (Phi) is 5.22. The highest BCUT2D eigenvalue weighted by molar-refractivity contribution is 5.78. The topological polar surface area (TPSA) is 49.3 Å². The lowest BCUT2D eigenvalue weighted by Crippen LogP contribution is -2.30. The Bertz CT molecular complexity index is 653. The molecule has 116 valence electrons. The standard InChI is InChI=1S/C17H17F2NO2/c1-11-5-2-3-6-12(11)9-16(22)20-10-15(21)17-13(18)7-4-8-14(17)19/h2-8,15,21H,9-10H2,1H3,(H,20,22). The minimum absolute atomic E-state index is 0.152. The first-order valence-corrected chi connectivity index (χ1v) is 6.92. The average Bonchev–Trinajstić information content (AvgIpc) is 2.47. The van der Waals surface area contributed by atoms with Crippen molar-refractivity contribution in [1.29, 1.82) is 0 Å². The van der Waals surface area contributed by atoms with E-state index >= 15 is 0 Å². The Morgan fingerprint density at radius 3 is 2.41 bits per heavy atom. The molecular weight excluding hydrogens is 288 g/mol. The fourth-order valence-corrected chi connectivity index (χ4v) is 2.19. The fraction of sp³-hybridized carbons (Fsp3) is 0.235. The van der Waals surface area contributed by atoms with Gasteiger partial charge in [-0.25, -0.2) is 8.78 Å². The monoisotopic (exact) mass is 305 g/mol. The summed E-state index contributed by atoms with van der Waals surface area (Å²) in [5, 5.41) is 12.3. The van der Waals surface area contributed by atoms with Crippen LogP contribution in [0.15, 0.2) is 42.5 Å². The molecule has 0 fully saturated rings. The van der Waals surface area contributed by atoms with Gasteiger partial charge < -0.3 is 10.4 Å². The van der Waals surface area contributed by atoms with E-state index in [4.69, 9.17) is 0 Å². The highest BCUT2D eigenvalue weighted by Crippen LogP contribution is 2.20. The van der Waals surface area contributed by atoms with E-state index in [0.29, 0.717) is 0 Å². The Morgan fingerprint density at radius 1 is 1.14 bits per heavy atom. The summed E-state index contributed by atoms with van der Waals surface area (Å²) in [5.41, 5.74) is 1.42. The van der Waals surface area contributed by atoms with Crippen molar-refractivity contribution in [2.24, 2.45) is 0 Å². The smallest absolute Gasteiger partial charge is 0.224 e. The first-order chi connectivity index (χ1) is 10.5. The number of amides is 1. The summed E-state index contributed by atoms with van der Waals surface area (Å²) in [4.78, 5) is 11.9. The van der Waals surface area contributed by atoms with Gasteiger partial charge in [0.15, 0.2) is 0 Å². The van der Waals surface area contributed by atoms with E-state index in [1.54, 1.807) is 0 Å². The third-order valence-corrected chi connectivity index (χ3v) is 3.44. The predicted molar refractivity (Wildman–Crippen MR) is 79.2 cm³/mol. The molecule has 0 radical (unpaired) electrons. The van der Waals surface area contributed by atoms with Crippen molar-refractivity contribution in [1.82, 2.24) is 5.32 Å². The second-order valence-corrected chi connectivity index (χ2v) is 5.06. The summed E-state index contributed by atoms with van der Waals surface area (Å²) >= 11 is 0. The molecule has 5 heteroatoms. The second-order valence-electron chi connectivity index (χ2n) is 5.06. The highest BCUT2D eigenvalue weighted by Gasteiger charge is 2.18. The molecule has 2 aromatic rings. The summed E-state index contributed by atoms with van der Waals surface area (Å²) < 4.78 is 27.0. The van der Waals surface area contributed by atoms with Crippen LogP contribution in [0.4, 0.5) is 8.78 Å². The zero-order valence-corrected chi connectivity index (χ0v) is 12.1. The van der Waals surface area contributed by atoms with Gasteiger partial charge in [-0.1, -0.05) is 30.3 Å². The van der Waals surface area contributed by atoms with Crippen molar-refractivity contribution in [3.63, 3.8) is 0 Å². The molecule has 0 saturated heterocycles. The van der Waals surface area contributed by atoms with E-state index in [0.717, 1.165) is 23.3 Å². The van der Waals surface area contributed by atoms with E-state index in [1.807, 2.05) is 31.2 Å². The van der Waals surface area contributed by atoms with Crippen LogP contribution in [0.3, 0.4) is 0 Å². The molecule has 2 N–H and O–H groups in total. The number of carbonyl (C=O) groups is 1. The van der Waals surface area contributed by atoms with Gasteiger partial charge in [0.25, 0.3) is 0 Å². The van der Waals surface area contributed by atoms with E-state index in [2.05, 4.69) is 5.32 Å². The number of benzene rings is 2. The zero-order valence-electron chi connectivity index (χ0n) is 12.1. The van der Waals surface area contributed by atoms with Crippen LogP contribution in [0.25, 0.3) is 0 Å². The van der Waals surface area contributed by atoms with Crippen LogP contribution in [0.2, 0.25) is 0 Å². The summed E-state index contributed by atoms with van der Waals surface area (Å²) in [7, 11) is 0. The van der Waals surface area contributed by atoms with E-state index in [9.17, 15) is 18.7 Å². The molecule has 0 heterocycles. The number of carbonyl (C=O) groups excluding carboxylic acids is 1. The predicted octanol–water partition coefficient (Wildman–Crippen LogP) is 2.67. The molecule has 0 bridgehead atoms. The molecule has 2 aromatic carbocycles. The maximum absolute atomic E-state index is 13.5. The van der Waals surface area contributed by atoms with E-state index in [-0.39, 0.29) is 18.9 Å². The lowest BCUT2D eigenvalue weighted by atomic mass is 10.1. The molecular formula is C17H17F2NO2. The van der Waals surface area contributed by atoms with Crippen molar-refractivity contribution in [2.75, 3.05) is 6.54 Å². The minimum Gasteiger partial charge on any atom is -0.386 e. The molecule has 0 aliphatic carbocycles. The van der Waals surface area contributed by atoms with Crippen LogP contribution in [-0.4, -0.2) is 17.6 Å². The highest BCUT2D eigenvalue weighted by atomic mass is 19.1. The summed E-state index contributed by atoms with van der Waals surface area (Å²) in [6.45, 7) is 1.65. The molecule has 3 nitrogen and oxygen atoms in total. The number of nitrogens with one attached hydrogen (secondary N) is 1. The van der Waals surface area contributed by atoms with Gasteiger partial charge in [-0.05, 0) is 30.2 Å². The zero-order chi connectivity index (χ0) is 16.1. The minimum atomic E-state index is -1.43. The molecule has 22 heavy (non-hydrogen) atoms. The van der Waals surface area contributed by atoms with Gasteiger partial charge in [-0.3, -0.25) is 4.79 Å². The van der Waals surface area contributed by atoms with Gasteiger partial charge in [0, 0.05) is 6.54 Å². The molecule has 0 aromatic heterocycles. The lowest BCUT2D eigenvalue weighted by Gasteiger charge is -2.14. The molecule has 0 aliphatic rings. The van der Waals surface area contributed by atoms with Crippen LogP contribution < -0.4 is 5.32 Å². The van der Waals surface area contributed by atoms with Crippen molar-refractivity contribution in [3.05, 3.63) is 70.8 Å². The first-order valence-electron chi connectivity index (χ1n) is 6.92. The number of hydrogen-bond acceptors (Lipinski definition) is 2. The maximum Gasteiger partial charge on any atom is 0.224 e. The number of hydrogen-bond donors (Lipinski definition) is 2. The van der Waals surface area contributed by atoms with Gasteiger partial charge in [-0.15, -0.1) is 0 Å². The van der Waals surface area contributed by atoms with Crippen LogP contribution in [-0.2, 0) is 11.2 Å². The molecule has 0 spiro atoms. The molecule has 0 saturated carbocycles. The third-order valence-electron chi connectivity index (χ3n) is 3.44. The molecule has 1 unspecified atom stereocenters. The Morgan fingerprint density at radius 2 is 1.77 bits per heavy atom. The van der Waals surface area contributed by atoms with Crippen molar-refractivity contribution >= 4 is 5.91 Å². The number of aryl methyl sites for hydroxylation is 1. The van der Waals surface area contributed by atoms with Crippen molar-refractivity contribution in [3.8, 4) is 0 Å². The average molecular weight is 305 g/mol. The molecule has 1 amide bonds. The Labute approximate surface area is 127 Å². The van der Waals surface area contributed by atoms with Gasteiger partial charge in [0.2, 0.25) is 5.91 Å². The maximum atomic E-state index is 13.5. The van der Waals surface area contributed by atoms with E-state index in [1.165, 1.54) is 6.07 Å². The number of aliphatic hydroxyl groups excluding tert-OH is 1. The number of aliphatic hydroxyl groups is 1. The summed E-state index contributed by atoms with van der Waals surface area (Å²) in [5.74, 6) is -1.98. The lowest BCUT2D eigenvalue weighted by molar-refractivity contribution is -0.120. The Balaban J connectivity index is 1.95. The first kappa shape index (κ1) is 16.1. The second kappa shape index (κ2) is 7.13. The van der Waals surface area contributed by atoms with Gasteiger partial charge in [0.05, 0.1) is 12.0 Å². The van der Waals surface area contributed by atoms with Crippen molar-refractivity contribution < 1.29 is 18.7 Å². The Hall–Kier alpha value is -2.27. The van der Waals surface area contributed by atoms with Crippen molar-refractivity contribution in [2.45, 2.75) is 19.4 Å². The van der Waals surface area contributed by atoms with Gasteiger partial charge in [-0.2, -0.15) is 0 Å². The third kappa shape index (κ3) is 3.89. The fourth-order valence-electron chi connectivity index (χ4n) is 2.19. The largest absolute Gasteiger partial charge is 0.386 e. The molecule has 2 rings (SSSR count). The quantitative estimate of drug-likeness (QED) is 0.892. The molecule has 0 aliphatic heterocycles. The molecule has 1 atom stereocenters. The number of halogens is 2. The summed E-state index contributed by atoms with van der Waals surface area (Å²) in [6.07, 6.45) is -1.28. The van der Waals surface area contributed by atoms with Crippen LogP contribution in [0, 0.1) is 18.6 Å². The van der Waals surface area contributed by atoms with E-state index < -0.39 is 23.3 Å². The van der Waals surface area contributed by atoms with Crippen LogP contribution >= 0.6 is 0 Å². The van der Waals surface area contributed by atoms with Gasteiger partial charge in [0.1, 0.15) is 17.7 Å². The van der Waals surface area contributed by atoms with Gasteiger partial charge >= 0.3 is 0 Å². The SMILES string of the molecule is Cc1ccccc1CC(=O)NCC(O)c1c(F)cccc1F. The normalized spacial score (nSPS) is 12.0.